The molecule has 0 saturated heterocycles. The van der Waals surface area contributed by atoms with Crippen molar-refractivity contribution in [3.8, 4) is 0 Å². The van der Waals surface area contributed by atoms with E-state index in [0.29, 0.717) is 12.0 Å². The molecule has 0 aliphatic carbocycles. The molecule has 1 atom stereocenters. The number of aryl methyl sites for hydroxylation is 2. The lowest BCUT2D eigenvalue weighted by molar-refractivity contribution is 0.177. The Morgan fingerprint density at radius 3 is 2.76 bits per heavy atom. The molecule has 1 aromatic carbocycles. The van der Waals surface area contributed by atoms with Crippen LogP contribution in [0.1, 0.15) is 22.9 Å². The third kappa shape index (κ3) is 2.71. The van der Waals surface area contributed by atoms with Crippen LogP contribution < -0.4 is 0 Å². The quantitative estimate of drug-likeness (QED) is 0.883. The number of hydrogen-bond acceptors (Lipinski definition) is 2. The van der Waals surface area contributed by atoms with Gasteiger partial charge in [-0.1, -0.05) is 12.1 Å². The van der Waals surface area contributed by atoms with Crippen LogP contribution in [0.4, 0.5) is 4.39 Å². The van der Waals surface area contributed by atoms with Gasteiger partial charge in [0.15, 0.2) is 0 Å². The maximum absolute atomic E-state index is 13.1. The molecule has 90 valence electrons. The summed E-state index contributed by atoms with van der Waals surface area (Å²) in [6.07, 6.45) is 1.62. The number of nitrogens with zero attached hydrogens (tertiary/aromatic N) is 2. The Morgan fingerprint density at radius 1 is 1.41 bits per heavy atom. The van der Waals surface area contributed by atoms with Crippen molar-refractivity contribution < 1.29 is 9.50 Å². The van der Waals surface area contributed by atoms with E-state index < -0.39 is 6.10 Å². The van der Waals surface area contributed by atoms with Crippen molar-refractivity contribution in [3.05, 3.63) is 53.1 Å². The lowest BCUT2D eigenvalue weighted by Crippen LogP contribution is -2.03. The molecule has 0 bridgehead atoms. The number of rotatable bonds is 3. The number of aliphatic hydroxyl groups is 1. The average molecular weight is 234 g/mol. The average Bonchev–Trinajstić information content (AvgIpc) is 2.68. The highest BCUT2D eigenvalue weighted by molar-refractivity contribution is 5.26. The minimum Gasteiger partial charge on any atom is -0.388 e. The lowest BCUT2D eigenvalue weighted by atomic mass is 10.0. The molecule has 1 N–H and O–H groups in total. The van der Waals surface area contributed by atoms with Gasteiger partial charge in [0, 0.05) is 19.7 Å². The number of halogens is 1. The molecule has 0 amide bonds. The van der Waals surface area contributed by atoms with Gasteiger partial charge in [-0.2, -0.15) is 5.10 Å². The Kier molecular flexibility index (Phi) is 3.24. The fourth-order valence-corrected chi connectivity index (χ4v) is 1.76. The molecule has 0 aliphatic rings. The molecule has 17 heavy (non-hydrogen) atoms. The molecule has 4 heteroatoms. The van der Waals surface area contributed by atoms with E-state index in [0.717, 1.165) is 11.3 Å². The van der Waals surface area contributed by atoms with E-state index in [1.165, 1.54) is 6.07 Å². The highest BCUT2D eigenvalue weighted by atomic mass is 19.1. The largest absolute Gasteiger partial charge is 0.388 e. The summed E-state index contributed by atoms with van der Waals surface area (Å²) in [5.74, 6) is -0.251. The SMILES string of the molecule is Cc1cc(C(O)Cc2ccn(C)n2)ccc1F. The first-order chi connectivity index (χ1) is 8.06. The summed E-state index contributed by atoms with van der Waals surface area (Å²) in [5.41, 5.74) is 2.08. The van der Waals surface area contributed by atoms with E-state index in [-0.39, 0.29) is 5.82 Å². The topological polar surface area (TPSA) is 38.0 Å². The first kappa shape index (κ1) is 11.8. The Hall–Kier alpha value is -1.68. The van der Waals surface area contributed by atoms with Gasteiger partial charge in [0.05, 0.1) is 11.8 Å². The van der Waals surface area contributed by atoms with E-state index in [2.05, 4.69) is 5.10 Å². The van der Waals surface area contributed by atoms with Gasteiger partial charge in [0.1, 0.15) is 5.82 Å². The second-order valence-electron chi connectivity index (χ2n) is 4.21. The Bertz CT molecular complexity index is 522. The summed E-state index contributed by atoms with van der Waals surface area (Å²) >= 11 is 0. The minimum atomic E-state index is -0.649. The Labute approximate surface area is 99.5 Å². The van der Waals surface area contributed by atoms with Gasteiger partial charge in [-0.05, 0) is 30.2 Å². The third-order valence-corrected chi connectivity index (χ3v) is 2.74. The predicted octanol–water partition coefficient (Wildman–Crippen LogP) is 2.14. The molecular formula is C13H15FN2O. The van der Waals surface area contributed by atoms with Crippen LogP contribution in [0.15, 0.2) is 30.5 Å². The zero-order valence-corrected chi connectivity index (χ0v) is 9.89. The second kappa shape index (κ2) is 4.67. The van der Waals surface area contributed by atoms with E-state index in [9.17, 15) is 9.50 Å². The summed E-state index contributed by atoms with van der Waals surface area (Å²) in [6, 6.07) is 6.52. The molecule has 0 spiro atoms. The van der Waals surface area contributed by atoms with Crippen molar-refractivity contribution in [2.24, 2.45) is 7.05 Å². The van der Waals surface area contributed by atoms with Crippen molar-refractivity contribution >= 4 is 0 Å². The molecule has 1 heterocycles. The number of aliphatic hydroxyl groups excluding tert-OH is 1. The molecule has 1 aromatic heterocycles. The zero-order chi connectivity index (χ0) is 12.4. The van der Waals surface area contributed by atoms with Crippen LogP contribution in [0.2, 0.25) is 0 Å². The molecule has 0 radical (unpaired) electrons. The second-order valence-corrected chi connectivity index (χ2v) is 4.21. The Morgan fingerprint density at radius 2 is 2.18 bits per heavy atom. The van der Waals surface area contributed by atoms with Crippen LogP contribution in [0.3, 0.4) is 0 Å². The maximum Gasteiger partial charge on any atom is 0.126 e. The van der Waals surface area contributed by atoms with Gasteiger partial charge in [-0.15, -0.1) is 0 Å². The third-order valence-electron chi connectivity index (χ3n) is 2.74. The predicted molar refractivity (Wildman–Crippen MR) is 63.0 cm³/mol. The highest BCUT2D eigenvalue weighted by Gasteiger charge is 2.11. The Balaban J connectivity index is 2.14. The molecule has 0 aliphatic heterocycles. The van der Waals surface area contributed by atoms with Crippen LogP contribution in [0.25, 0.3) is 0 Å². The van der Waals surface area contributed by atoms with Crippen LogP contribution >= 0.6 is 0 Å². The van der Waals surface area contributed by atoms with Crippen molar-refractivity contribution in [3.63, 3.8) is 0 Å². The van der Waals surface area contributed by atoms with E-state index >= 15 is 0 Å². The molecule has 3 nitrogen and oxygen atoms in total. The fraction of sp³-hybridized carbons (Fsp3) is 0.308. The summed E-state index contributed by atoms with van der Waals surface area (Å²) in [6.45, 7) is 1.69. The van der Waals surface area contributed by atoms with Crippen molar-refractivity contribution in [2.75, 3.05) is 0 Å². The first-order valence-corrected chi connectivity index (χ1v) is 5.49. The zero-order valence-electron chi connectivity index (χ0n) is 9.89. The maximum atomic E-state index is 13.1. The van der Waals surface area contributed by atoms with Gasteiger partial charge in [-0.3, -0.25) is 4.68 Å². The molecule has 2 rings (SSSR count). The van der Waals surface area contributed by atoms with E-state index in [1.54, 1.807) is 23.7 Å². The van der Waals surface area contributed by atoms with Gasteiger partial charge in [0.25, 0.3) is 0 Å². The van der Waals surface area contributed by atoms with Crippen LogP contribution in [-0.2, 0) is 13.5 Å². The van der Waals surface area contributed by atoms with Crippen molar-refractivity contribution in [2.45, 2.75) is 19.4 Å². The highest BCUT2D eigenvalue weighted by Crippen LogP contribution is 2.19. The molecule has 1 unspecified atom stereocenters. The molecular weight excluding hydrogens is 219 g/mol. The number of aromatic nitrogens is 2. The smallest absolute Gasteiger partial charge is 0.126 e. The lowest BCUT2D eigenvalue weighted by Gasteiger charge is -2.10. The van der Waals surface area contributed by atoms with E-state index in [1.807, 2.05) is 19.3 Å². The van der Waals surface area contributed by atoms with Crippen LogP contribution in [0.5, 0.6) is 0 Å². The monoisotopic (exact) mass is 234 g/mol. The van der Waals surface area contributed by atoms with Crippen molar-refractivity contribution in [1.82, 2.24) is 9.78 Å². The van der Waals surface area contributed by atoms with Crippen LogP contribution in [0, 0.1) is 12.7 Å². The molecule has 0 saturated carbocycles. The molecule has 2 aromatic rings. The normalized spacial score (nSPS) is 12.7. The summed E-state index contributed by atoms with van der Waals surface area (Å²) in [4.78, 5) is 0. The van der Waals surface area contributed by atoms with Gasteiger partial charge < -0.3 is 5.11 Å². The first-order valence-electron chi connectivity index (χ1n) is 5.49. The molecule has 0 fully saturated rings. The van der Waals surface area contributed by atoms with Gasteiger partial charge in [-0.25, -0.2) is 4.39 Å². The van der Waals surface area contributed by atoms with Gasteiger partial charge in [0.2, 0.25) is 0 Å². The minimum absolute atomic E-state index is 0.251. The summed E-state index contributed by atoms with van der Waals surface area (Å²) in [7, 11) is 1.83. The standard InChI is InChI=1S/C13H15FN2O/c1-9-7-10(3-4-12(9)14)13(17)8-11-5-6-16(2)15-11/h3-7,13,17H,8H2,1-2H3. The number of benzene rings is 1. The fourth-order valence-electron chi connectivity index (χ4n) is 1.76. The number of hydrogen-bond donors (Lipinski definition) is 1. The summed E-state index contributed by atoms with van der Waals surface area (Å²) < 4.78 is 14.8. The van der Waals surface area contributed by atoms with Gasteiger partial charge >= 0.3 is 0 Å². The van der Waals surface area contributed by atoms with Crippen molar-refractivity contribution in [1.29, 1.82) is 0 Å². The van der Waals surface area contributed by atoms with E-state index in [4.69, 9.17) is 0 Å². The van der Waals surface area contributed by atoms with Crippen LogP contribution in [-0.4, -0.2) is 14.9 Å². The summed E-state index contributed by atoms with van der Waals surface area (Å²) in [5, 5.41) is 14.2.